The van der Waals surface area contributed by atoms with Crippen LogP contribution in [0, 0.1) is 6.92 Å². The summed E-state index contributed by atoms with van der Waals surface area (Å²) in [4.78, 5) is 0. The van der Waals surface area contributed by atoms with E-state index in [1.54, 1.807) is 0 Å². The van der Waals surface area contributed by atoms with Gasteiger partial charge in [0.05, 0.1) is 5.39 Å². The molecule has 0 radical (unpaired) electrons. The Hall–Kier alpha value is -1.26. The van der Waals surface area contributed by atoms with Gasteiger partial charge in [-0.05, 0) is 56.0 Å². The predicted molar refractivity (Wildman–Crippen MR) is 96.5 cm³/mol. The Morgan fingerprint density at radius 1 is 1.27 bits per heavy atom. The van der Waals surface area contributed by atoms with Gasteiger partial charge in [0.15, 0.2) is 5.75 Å². The van der Waals surface area contributed by atoms with Crippen molar-refractivity contribution in [3.63, 3.8) is 0 Å². The Morgan fingerprint density at radius 2 is 1.91 bits per heavy atom. The first kappa shape index (κ1) is 17.1. The minimum Gasteiger partial charge on any atom is -0.544 e. The summed E-state index contributed by atoms with van der Waals surface area (Å²) in [6.45, 7) is 15.1. The highest BCUT2D eigenvalue weighted by atomic mass is 28.3. The lowest BCUT2D eigenvalue weighted by molar-refractivity contribution is 0.518. The molecular weight excluding hydrogens is 290 g/mol. The van der Waals surface area contributed by atoms with Gasteiger partial charge in [-0.1, -0.05) is 26.8 Å². The number of furan rings is 1. The first-order chi connectivity index (χ1) is 10.1. The Morgan fingerprint density at radius 3 is 2.41 bits per heavy atom. The highest BCUT2D eigenvalue weighted by molar-refractivity contribution is 6.49. The first-order valence-corrected chi connectivity index (χ1v) is 10.9. The minimum absolute atomic E-state index is 0.0818. The van der Waals surface area contributed by atoms with E-state index in [-0.39, 0.29) is 11.5 Å². The van der Waals surface area contributed by atoms with E-state index >= 15 is 0 Å². The van der Waals surface area contributed by atoms with E-state index in [0.29, 0.717) is 0 Å². The molecule has 122 valence electrons. The monoisotopic (exact) mass is 319 g/mol. The van der Waals surface area contributed by atoms with Gasteiger partial charge in [-0.3, -0.25) is 0 Å². The van der Waals surface area contributed by atoms with Gasteiger partial charge < -0.3 is 14.6 Å². The second-order valence-electron chi connectivity index (χ2n) is 7.60. The molecule has 0 saturated heterocycles. The molecule has 4 heteroatoms. The van der Waals surface area contributed by atoms with Crippen LogP contribution in [0.5, 0.6) is 5.75 Å². The number of hydrogen-bond donors (Lipinski definition) is 1. The van der Waals surface area contributed by atoms with Gasteiger partial charge in [0, 0.05) is 6.04 Å². The fourth-order valence-corrected chi connectivity index (χ4v) is 3.45. The van der Waals surface area contributed by atoms with Crippen LogP contribution < -0.4 is 10.2 Å². The number of benzene rings is 1. The zero-order valence-corrected chi connectivity index (χ0v) is 16.1. The number of rotatable bonds is 4. The van der Waals surface area contributed by atoms with E-state index in [1.807, 2.05) is 13.8 Å². The fourth-order valence-electron chi connectivity index (χ4n) is 2.68. The molecule has 2 N–H and O–H groups in total. The zero-order valence-electron chi connectivity index (χ0n) is 14.9. The van der Waals surface area contributed by atoms with Crippen LogP contribution in [0.15, 0.2) is 16.5 Å². The summed E-state index contributed by atoms with van der Waals surface area (Å²) in [5, 5.41) is 1.10. The second-order valence-corrected chi connectivity index (χ2v) is 9.93. The van der Waals surface area contributed by atoms with Gasteiger partial charge in [0.2, 0.25) is 9.04 Å². The van der Waals surface area contributed by atoms with Crippen molar-refractivity contribution in [3.8, 4) is 5.75 Å². The van der Waals surface area contributed by atoms with Crippen molar-refractivity contribution in [1.29, 1.82) is 0 Å². The molecule has 1 aromatic heterocycles. The number of nitrogens with two attached hydrogens (primary N) is 1. The van der Waals surface area contributed by atoms with E-state index in [2.05, 4.69) is 46.0 Å². The number of aryl methyl sites for hydroxylation is 1. The van der Waals surface area contributed by atoms with E-state index in [9.17, 15) is 0 Å². The third kappa shape index (κ3) is 3.55. The molecule has 3 nitrogen and oxygen atoms in total. The minimum atomic E-state index is -1.19. The Kier molecular flexibility index (Phi) is 4.73. The largest absolute Gasteiger partial charge is 0.544 e. The van der Waals surface area contributed by atoms with Gasteiger partial charge >= 0.3 is 0 Å². The van der Waals surface area contributed by atoms with Crippen molar-refractivity contribution in [2.45, 2.75) is 65.6 Å². The van der Waals surface area contributed by atoms with Gasteiger partial charge in [0.1, 0.15) is 11.3 Å². The van der Waals surface area contributed by atoms with Crippen LogP contribution in [0.3, 0.4) is 0 Å². The molecule has 0 spiro atoms. The lowest BCUT2D eigenvalue weighted by atomic mass is 9.84. The molecule has 0 aliphatic heterocycles. The average molecular weight is 320 g/mol. The maximum Gasteiger partial charge on any atom is 0.229 e. The van der Waals surface area contributed by atoms with E-state index in [4.69, 9.17) is 14.6 Å². The van der Waals surface area contributed by atoms with Crippen LogP contribution in [0.25, 0.3) is 11.0 Å². The Balaban J connectivity index is 2.71. The second kappa shape index (κ2) is 6.09. The smallest absolute Gasteiger partial charge is 0.229 e. The van der Waals surface area contributed by atoms with Crippen molar-refractivity contribution < 1.29 is 8.84 Å². The molecule has 0 amide bonds. The summed E-state index contributed by atoms with van der Waals surface area (Å²) in [5.74, 6) is 1.79. The SMILES string of the molecule is Cc1oc2c(CC(C)N)cc(C(C)(C)C)cc2c1O[SiH](C)C. The first-order valence-electron chi connectivity index (χ1n) is 8.08. The molecule has 2 rings (SSSR count). The fraction of sp³-hybridized carbons (Fsp3) is 0.556. The summed E-state index contributed by atoms with van der Waals surface area (Å²) in [6, 6.07) is 4.57. The van der Waals surface area contributed by atoms with Crippen molar-refractivity contribution in [2.75, 3.05) is 0 Å². The molecule has 1 heterocycles. The molecular formula is C18H29NO2Si. The molecule has 0 aliphatic rings. The quantitative estimate of drug-likeness (QED) is 0.855. The van der Waals surface area contributed by atoms with Gasteiger partial charge in [-0.15, -0.1) is 0 Å². The van der Waals surface area contributed by atoms with E-state index < -0.39 is 9.04 Å². The maximum absolute atomic E-state index is 6.14. The highest BCUT2D eigenvalue weighted by Crippen LogP contribution is 2.38. The molecule has 1 unspecified atom stereocenters. The molecule has 0 saturated carbocycles. The van der Waals surface area contributed by atoms with Crippen LogP contribution in [0.1, 0.15) is 44.6 Å². The molecule has 0 fully saturated rings. The summed E-state index contributed by atoms with van der Waals surface area (Å²) < 4.78 is 12.2. The third-order valence-electron chi connectivity index (χ3n) is 3.75. The van der Waals surface area contributed by atoms with Gasteiger partial charge in [-0.2, -0.15) is 0 Å². The summed E-state index contributed by atoms with van der Waals surface area (Å²) in [5.41, 5.74) is 9.53. The van der Waals surface area contributed by atoms with Crippen LogP contribution in [-0.2, 0) is 11.8 Å². The van der Waals surface area contributed by atoms with E-state index in [0.717, 1.165) is 28.9 Å². The lowest BCUT2D eigenvalue weighted by Crippen LogP contribution is -2.19. The summed E-state index contributed by atoms with van der Waals surface area (Å²) >= 11 is 0. The van der Waals surface area contributed by atoms with Crippen molar-refractivity contribution in [2.24, 2.45) is 5.73 Å². The Bertz CT molecular complexity index is 666. The van der Waals surface area contributed by atoms with Crippen molar-refractivity contribution >= 4 is 20.0 Å². The molecule has 0 bridgehead atoms. The number of hydrogen-bond acceptors (Lipinski definition) is 3. The van der Waals surface area contributed by atoms with Crippen LogP contribution >= 0.6 is 0 Å². The lowest BCUT2D eigenvalue weighted by Gasteiger charge is -2.21. The highest BCUT2D eigenvalue weighted by Gasteiger charge is 2.22. The van der Waals surface area contributed by atoms with Crippen molar-refractivity contribution in [1.82, 2.24) is 0 Å². The van der Waals surface area contributed by atoms with Crippen LogP contribution in [-0.4, -0.2) is 15.1 Å². The standard InChI is InChI=1S/C18H29NO2Si/c1-11(19)8-13-9-14(18(3,4)5)10-15-16(21-22(6)7)12(2)20-17(13)15/h9-11,22H,8,19H2,1-7H3. The molecule has 1 aromatic carbocycles. The molecule has 0 aliphatic carbocycles. The third-order valence-corrected chi connectivity index (χ3v) is 4.45. The van der Waals surface area contributed by atoms with Crippen molar-refractivity contribution in [3.05, 3.63) is 29.0 Å². The predicted octanol–water partition coefficient (Wildman–Crippen LogP) is 4.29. The molecule has 1 atom stereocenters. The molecule has 2 aromatic rings. The van der Waals surface area contributed by atoms with Crippen LogP contribution in [0.2, 0.25) is 13.1 Å². The van der Waals surface area contributed by atoms with E-state index in [1.165, 1.54) is 11.1 Å². The van der Waals surface area contributed by atoms with Gasteiger partial charge in [0.25, 0.3) is 0 Å². The normalized spacial score (nSPS) is 13.9. The average Bonchev–Trinajstić information content (AvgIpc) is 2.64. The summed E-state index contributed by atoms with van der Waals surface area (Å²) in [7, 11) is -1.19. The summed E-state index contributed by atoms with van der Waals surface area (Å²) in [6.07, 6.45) is 0.811. The number of fused-ring (bicyclic) bond motifs is 1. The van der Waals surface area contributed by atoms with Gasteiger partial charge in [-0.25, -0.2) is 0 Å². The maximum atomic E-state index is 6.14. The Labute approximate surface area is 135 Å². The topological polar surface area (TPSA) is 48.4 Å². The van der Waals surface area contributed by atoms with Crippen LogP contribution in [0.4, 0.5) is 0 Å². The molecule has 22 heavy (non-hydrogen) atoms. The zero-order chi connectivity index (χ0) is 16.7.